The second kappa shape index (κ2) is 3.45. The molecule has 0 saturated heterocycles. The highest BCUT2D eigenvalue weighted by molar-refractivity contribution is 6.32. The number of rotatable bonds is 1. The summed E-state index contributed by atoms with van der Waals surface area (Å²) in [5, 5.41) is 0. The lowest BCUT2D eigenvalue weighted by molar-refractivity contribution is 0.130. The van der Waals surface area contributed by atoms with Gasteiger partial charge >= 0.3 is 0 Å². The Bertz CT molecular complexity index is 299. The third-order valence-corrected chi connectivity index (χ3v) is 1.75. The molecule has 70 valence electrons. The van der Waals surface area contributed by atoms with Crippen molar-refractivity contribution in [3.05, 3.63) is 23.8 Å². The molecule has 0 spiro atoms. The van der Waals surface area contributed by atoms with E-state index in [0.717, 1.165) is 5.75 Å². The Morgan fingerprint density at radius 2 is 1.85 bits per heavy atom. The number of ether oxygens (including phenoxy) is 1. The molecule has 0 bridgehead atoms. The van der Waals surface area contributed by atoms with E-state index in [4.69, 9.17) is 4.74 Å². The van der Waals surface area contributed by atoms with Crippen LogP contribution in [0.4, 0.5) is 0 Å². The second-order valence-electron chi connectivity index (χ2n) is 4.48. The minimum atomic E-state index is -0.111. The van der Waals surface area contributed by atoms with E-state index < -0.39 is 0 Å². The minimum Gasteiger partial charge on any atom is -0.488 e. The van der Waals surface area contributed by atoms with Crippen molar-refractivity contribution in [3.8, 4) is 5.75 Å². The molecule has 1 nitrogen and oxygen atoms in total. The first-order valence-electron chi connectivity index (χ1n) is 4.65. The summed E-state index contributed by atoms with van der Waals surface area (Å²) in [6, 6.07) is 6.26. The molecular formula is C11H17BO. The van der Waals surface area contributed by atoms with Crippen molar-refractivity contribution < 1.29 is 4.74 Å². The topological polar surface area (TPSA) is 9.23 Å². The Morgan fingerprint density at radius 3 is 2.31 bits per heavy atom. The summed E-state index contributed by atoms with van der Waals surface area (Å²) in [5.41, 5.74) is 2.37. The molecule has 1 rings (SSSR count). The molecule has 1 aromatic rings. The van der Waals surface area contributed by atoms with Gasteiger partial charge in [0.2, 0.25) is 0 Å². The summed E-state index contributed by atoms with van der Waals surface area (Å²) in [4.78, 5) is 0. The molecular weight excluding hydrogens is 159 g/mol. The lowest BCUT2D eigenvalue weighted by Gasteiger charge is -2.22. The zero-order valence-corrected chi connectivity index (χ0v) is 9.14. The quantitative estimate of drug-likeness (QED) is 0.588. The molecule has 0 aromatic heterocycles. The summed E-state index contributed by atoms with van der Waals surface area (Å²) in [7, 11) is 2.09. The summed E-state index contributed by atoms with van der Waals surface area (Å²) in [6.07, 6.45) is 0. The maximum absolute atomic E-state index is 5.79. The van der Waals surface area contributed by atoms with E-state index in [9.17, 15) is 0 Å². The van der Waals surface area contributed by atoms with Gasteiger partial charge in [-0.25, -0.2) is 0 Å². The van der Waals surface area contributed by atoms with Crippen LogP contribution < -0.4 is 10.2 Å². The van der Waals surface area contributed by atoms with E-state index in [-0.39, 0.29) is 5.60 Å². The van der Waals surface area contributed by atoms with Gasteiger partial charge < -0.3 is 4.74 Å². The third kappa shape index (κ3) is 3.13. The highest BCUT2D eigenvalue weighted by Crippen LogP contribution is 2.20. The van der Waals surface area contributed by atoms with E-state index in [1.807, 2.05) is 6.07 Å². The number of benzene rings is 1. The molecule has 0 unspecified atom stereocenters. The molecule has 1 aromatic carbocycles. The van der Waals surface area contributed by atoms with E-state index >= 15 is 0 Å². The smallest absolute Gasteiger partial charge is 0.139 e. The third-order valence-electron chi connectivity index (χ3n) is 1.75. The molecule has 0 saturated carbocycles. The van der Waals surface area contributed by atoms with Crippen LogP contribution in [0.1, 0.15) is 26.3 Å². The fourth-order valence-corrected chi connectivity index (χ4v) is 1.24. The lowest BCUT2D eigenvalue weighted by Crippen LogP contribution is -2.23. The van der Waals surface area contributed by atoms with Crippen molar-refractivity contribution in [3.63, 3.8) is 0 Å². The predicted molar refractivity (Wildman–Crippen MR) is 59.7 cm³/mol. The average Bonchev–Trinajstić information content (AvgIpc) is 1.93. The lowest BCUT2D eigenvalue weighted by atomic mass is 9.94. The molecule has 0 amide bonds. The Labute approximate surface area is 81.5 Å². The van der Waals surface area contributed by atoms with Crippen molar-refractivity contribution in [1.29, 1.82) is 0 Å². The van der Waals surface area contributed by atoms with Gasteiger partial charge in [-0.3, -0.25) is 0 Å². The maximum Gasteiger partial charge on any atom is 0.139 e. The van der Waals surface area contributed by atoms with E-state index in [1.165, 1.54) is 11.0 Å². The van der Waals surface area contributed by atoms with Gasteiger partial charge in [0.15, 0.2) is 0 Å². The summed E-state index contributed by atoms with van der Waals surface area (Å²) >= 11 is 0. The number of hydrogen-bond acceptors (Lipinski definition) is 1. The van der Waals surface area contributed by atoms with Crippen LogP contribution in [0, 0.1) is 6.92 Å². The SMILES string of the molecule is Bc1ccc(OC(C)(C)C)c(C)c1. The molecule has 0 aliphatic carbocycles. The summed E-state index contributed by atoms with van der Waals surface area (Å²) in [6.45, 7) is 8.26. The average molecular weight is 176 g/mol. The first-order valence-corrected chi connectivity index (χ1v) is 4.65. The highest BCUT2D eigenvalue weighted by Gasteiger charge is 2.12. The van der Waals surface area contributed by atoms with Gasteiger partial charge in [-0.2, -0.15) is 0 Å². The number of aryl methyl sites for hydroxylation is 1. The first-order chi connectivity index (χ1) is 5.88. The molecule has 0 aliphatic heterocycles. The zero-order chi connectivity index (χ0) is 10.1. The summed E-state index contributed by atoms with van der Waals surface area (Å²) < 4.78 is 5.79. The van der Waals surface area contributed by atoms with Crippen molar-refractivity contribution in [2.75, 3.05) is 0 Å². The molecule has 0 aliphatic rings. The fraction of sp³-hybridized carbons (Fsp3) is 0.455. The van der Waals surface area contributed by atoms with Gasteiger partial charge in [0.1, 0.15) is 19.2 Å². The maximum atomic E-state index is 5.79. The van der Waals surface area contributed by atoms with Crippen LogP contribution in [-0.2, 0) is 0 Å². The van der Waals surface area contributed by atoms with Gasteiger partial charge in [0.25, 0.3) is 0 Å². The van der Waals surface area contributed by atoms with Crippen LogP contribution in [-0.4, -0.2) is 13.4 Å². The van der Waals surface area contributed by atoms with Gasteiger partial charge in [-0.15, -0.1) is 0 Å². The first kappa shape index (κ1) is 10.2. The van der Waals surface area contributed by atoms with Crippen molar-refractivity contribution in [2.45, 2.75) is 33.3 Å². The zero-order valence-electron chi connectivity index (χ0n) is 9.14. The van der Waals surface area contributed by atoms with Crippen LogP contribution in [0.2, 0.25) is 0 Å². The van der Waals surface area contributed by atoms with Crippen LogP contribution in [0.25, 0.3) is 0 Å². The standard InChI is InChI=1S/C11H17BO/c1-8-7-9(12)5-6-10(8)13-11(2,3)4/h5-7H,12H2,1-4H3. The van der Waals surface area contributed by atoms with Gasteiger partial charge in [-0.05, 0) is 39.3 Å². The van der Waals surface area contributed by atoms with Crippen molar-refractivity contribution in [1.82, 2.24) is 0 Å². The van der Waals surface area contributed by atoms with Gasteiger partial charge in [0.05, 0.1) is 0 Å². The van der Waals surface area contributed by atoms with Gasteiger partial charge in [-0.1, -0.05) is 17.6 Å². The van der Waals surface area contributed by atoms with Crippen LogP contribution in [0.3, 0.4) is 0 Å². The Morgan fingerprint density at radius 1 is 1.23 bits per heavy atom. The molecule has 0 fully saturated rings. The molecule has 0 heterocycles. The second-order valence-corrected chi connectivity index (χ2v) is 4.48. The minimum absolute atomic E-state index is 0.111. The molecule has 0 N–H and O–H groups in total. The van der Waals surface area contributed by atoms with Crippen LogP contribution in [0.5, 0.6) is 5.75 Å². The predicted octanol–water partition coefficient (Wildman–Crippen LogP) is 1.43. The molecule has 13 heavy (non-hydrogen) atoms. The van der Waals surface area contributed by atoms with Crippen molar-refractivity contribution >= 4 is 13.3 Å². The molecule has 0 atom stereocenters. The van der Waals surface area contributed by atoms with Crippen molar-refractivity contribution in [2.24, 2.45) is 0 Å². The van der Waals surface area contributed by atoms with Gasteiger partial charge in [0, 0.05) is 0 Å². The monoisotopic (exact) mass is 176 g/mol. The molecule has 2 heteroatoms. The normalized spacial score (nSPS) is 11.4. The molecule has 0 radical (unpaired) electrons. The van der Waals surface area contributed by atoms with E-state index in [2.05, 4.69) is 47.7 Å². The van der Waals surface area contributed by atoms with Crippen LogP contribution >= 0.6 is 0 Å². The van der Waals surface area contributed by atoms with E-state index in [1.54, 1.807) is 0 Å². The van der Waals surface area contributed by atoms with Crippen LogP contribution in [0.15, 0.2) is 18.2 Å². The highest BCUT2D eigenvalue weighted by atomic mass is 16.5. The Hall–Kier alpha value is -0.915. The van der Waals surface area contributed by atoms with E-state index in [0.29, 0.717) is 0 Å². The Balaban J connectivity index is 2.90. The number of hydrogen-bond donors (Lipinski definition) is 0. The fourth-order valence-electron chi connectivity index (χ4n) is 1.24. The summed E-state index contributed by atoms with van der Waals surface area (Å²) in [5.74, 6) is 0.984. The largest absolute Gasteiger partial charge is 0.488 e. The Kier molecular flexibility index (Phi) is 2.70.